The quantitative estimate of drug-likeness (QED) is 0.520. The molecule has 1 aromatic carbocycles. The van der Waals surface area contributed by atoms with Gasteiger partial charge in [0.15, 0.2) is 11.5 Å². The molecule has 1 unspecified atom stereocenters. The van der Waals surface area contributed by atoms with Gasteiger partial charge in [0, 0.05) is 7.05 Å². The normalized spacial score (nSPS) is 13.2. The summed E-state index contributed by atoms with van der Waals surface area (Å²) in [5.74, 6) is -0.940. The van der Waals surface area contributed by atoms with E-state index in [4.69, 9.17) is 14.2 Å². The number of carbonyl (C=O) groups excluding carboxylic acids is 3. The number of aliphatic hydroxyl groups is 1. The van der Waals surface area contributed by atoms with E-state index in [2.05, 4.69) is 0 Å². The zero-order chi connectivity index (χ0) is 25.1. The molecule has 32 heavy (non-hydrogen) atoms. The first-order chi connectivity index (χ1) is 14.3. The summed E-state index contributed by atoms with van der Waals surface area (Å²) in [5, 5.41) is 10.7. The minimum atomic E-state index is -1.09. The predicted molar refractivity (Wildman–Crippen MR) is 120 cm³/mol. The van der Waals surface area contributed by atoms with Crippen molar-refractivity contribution in [3.63, 3.8) is 0 Å². The molecule has 0 saturated heterocycles. The van der Waals surface area contributed by atoms with Crippen molar-refractivity contribution >= 4 is 18.0 Å². The third-order valence-electron chi connectivity index (χ3n) is 4.13. The average molecular weight is 452 g/mol. The highest BCUT2D eigenvalue weighted by molar-refractivity contribution is 5.81. The Balaban J connectivity index is 3.17. The van der Waals surface area contributed by atoms with E-state index in [0.717, 1.165) is 0 Å². The molecule has 0 aromatic heterocycles. The number of esters is 2. The minimum Gasteiger partial charge on any atom is -0.444 e. The molecule has 8 heteroatoms. The number of ether oxygens (including phenoxy) is 3. The molecule has 0 aliphatic rings. The second kappa shape index (κ2) is 9.90. The van der Waals surface area contributed by atoms with E-state index in [1.54, 1.807) is 68.4 Å². The molecule has 8 nitrogen and oxygen atoms in total. The van der Waals surface area contributed by atoms with Crippen LogP contribution >= 0.6 is 0 Å². The maximum Gasteiger partial charge on any atom is 0.410 e. The van der Waals surface area contributed by atoms with Crippen LogP contribution in [0.5, 0.6) is 11.5 Å². The molecule has 0 fully saturated rings. The Labute approximate surface area is 190 Å². The van der Waals surface area contributed by atoms with Gasteiger partial charge in [-0.1, -0.05) is 6.07 Å². The van der Waals surface area contributed by atoms with Gasteiger partial charge < -0.3 is 24.2 Å². The smallest absolute Gasteiger partial charge is 0.410 e. The fourth-order valence-corrected chi connectivity index (χ4v) is 2.18. The summed E-state index contributed by atoms with van der Waals surface area (Å²) >= 11 is 0. The van der Waals surface area contributed by atoms with Crippen molar-refractivity contribution in [3.05, 3.63) is 23.8 Å². The summed E-state index contributed by atoms with van der Waals surface area (Å²) in [6.45, 7) is 15.4. The fourth-order valence-electron chi connectivity index (χ4n) is 2.18. The lowest BCUT2D eigenvalue weighted by Gasteiger charge is -2.26. The molecular formula is C24H37NO7. The summed E-state index contributed by atoms with van der Waals surface area (Å²) in [6.07, 6.45) is -1.67. The molecular weight excluding hydrogens is 414 g/mol. The molecule has 0 saturated carbocycles. The number of amides is 1. The number of nitrogens with zero attached hydrogens (tertiary/aromatic N) is 1. The number of rotatable bonds is 5. The molecule has 1 rings (SSSR count). The third-order valence-corrected chi connectivity index (χ3v) is 4.13. The standard InChI is InChI=1S/C24H37NO7/c1-22(2,3)19(27)30-17-12-11-15(13-18(17)31-20(28)23(4,5)6)16(26)14-25(10)21(29)32-24(7,8)9/h11-13,16,26H,14H2,1-10H3. The molecule has 0 aliphatic carbocycles. The van der Waals surface area contributed by atoms with Gasteiger partial charge in [-0.05, 0) is 80.0 Å². The summed E-state index contributed by atoms with van der Waals surface area (Å²) in [7, 11) is 1.51. The van der Waals surface area contributed by atoms with Crippen molar-refractivity contribution in [2.45, 2.75) is 74.0 Å². The molecule has 1 aromatic rings. The van der Waals surface area contributed by atoms with E-state index in [-0.39, 0.29) is 18.0 Å². The van der Waals surface area contributed by atoms with Crippen LogP contribution < -0.4 is 9.47 Å². The predicted octanol–water partition coefficient (Wildman–Crippen LogP) is 4.49. The first-order valence-corrected chi connectivity index (χ1v) is 10.5. The Morgan fingerprint density at radius 2 is 1.34 bits per heavy atom. The van der Waals surface area contributed by atoms with E-state index >= 15 is 0 Å². The number of aliphatic hydroxyl groups excluding tert-OH is 1. The van der Waals surface area contributed by atoms with Gasteiger partial charge in [0.25, 0.3) is 0 Å². The highest BCUT2D eigenvalue weighted by Gasteiger charge is 2.29. The topological polar surface area (TPSA) is 102 Å². The summed E-state index contributed by atoms with van der Waals surface area (Å²) in [4.78, 5) is 38.2. The van der Waals surface area contributed by atoms with E-state index in [9.17, 15) is 19.5 Å². The van der Waals surface area contributed by atoms with Gasteiger partial charge in [-0.3, -0.25) is 9.59 Å². The minimum absolute atomic E-state index is 0.0130. The largest absolute Gasteiger partial charge is 0.444 e. The van der Waals surface area contributed by atoms with Crippen molar-refractivity contribution < 1.29 is 33.7 Å². The Morgan fingerprint density at radius 3 is 1.78 bits per heavy atom. The third kappa shape index (κ3) is 8.49. The number of benzene rings is 1. The van der Waals surface area contributed by atoms with Crippen molar-refractivity contribution in [3.8, 4) is 11.5 Å². The maximum absolute atomic E-state index is 12.5. The van der Waals surface area contributed by atoms with Gasteiger partial charge in [0.2, 0.25) is 0 Å². The Morgan fingerprint density at radius 1 is 0.875 bits per heavy atom. The van der Waals surface area contributed by atoms with Crippen molar-refractivity contribution in [2.75, 3.05) is 13.6 Å². The first kappa shape index (κ1) is 27.4. The second-order valence-electron chi connectivity index (χ2n) is 10.9. The van der Waals surface area contributed by atoms with Gasteiger partial charge in [-0.15, -0.1) is 0 Å². The molecule has 0 bridgehead atoms. The van der Waals surface area contributed by atoms with Gasteiger partial charge in [-0.2, -0.15) is 0 Å². The number of hydrogen-bond acceptors (Lipinski definition) is 7. The molecule has 180 valence electrons. The molecule has 1 atom stereocenters. The van der Waals surface area contributed by atoms with Gasteiger partial charge in [-0.25, -0.2) is 4.79 Å². The van der Waals surface area contributed by atoms with Crippen LogP contribution in [0.1, 0.15) is 74.0 Å². The van der Waals surface area contributed by atoms with Gasteiger partial charge in [0.1, 0.15) is 5.60 Å². The summed E-state index contributed by atoms with van der Waals surface area (Å²) in [5.41, 5.74) is -1.84. The van der Waals surface area contributed by atoms with E-state index in [1.807, 2.05) is 0 Å². The second-order valence-corrected chi connectivity index (χ2v) is 10.9. The molecule has 0 heterocycles. The van der Waals surface area contributed by atoms with E-state index < -0.39 is 40.6 Å². The number of hydrogen-bond donors (Lipinski definition) is 1. The van der Waals surface area contributed by atoms with Crippen LogP contribution in [-0.2, 0) is 14.3 Å². The van der Waals surface area contributed by atoms with Crippen LogP contribution in [-0.4, -0.2) is 47.2 Å². The molecule has 1 amide bonds. The van der Waals surface area contributed by atoms with Crippen molar-refractivity contribution in [2.24, 2.45) is 10.8 Å². The van der Waals surface area contributed by atoms with Crippen LogP contribution in [0, 0.1) is 10.8 Å². The zero-order valence-corrected chi connectivity index (χ0v) is 20.9. The first-order valence-electron chi connectivity index (χ1n) is 10.5. The van der Waals surface area contributed by atoms with E-state index in [1.165, 1.54) is 24.1 Å². The zero-order valence-electron chi connectivity index (χ0n) is 20.9. The SMILES string of the molecule is CN(CC(O)c1ccc(OC(=O)C(C)(C)C)c(OC(=O)C(C)(C)C)c1)C(=O)OC(C)(C)C. The van der Waals surface area contributed by atoms with Crippen molar-refractivity contribution in [1.82, 2.24) is 4.90 Å². The number of carbonyl (C=O) groups is 3. The highest BCUT2D eigenvalue weighted by atomic mass is 16.6. The van der Waals surface area contributed by atoms with Crippen LogP contribution in [0.3, 0.4) is 0 Å². The Kier molecular flexibility index (Phi) is 8.48. The van der Waals surface area contributed by atoms with Gasteiger partial charge in [0.05, 0.1) is 23.5 Å². The monoisotopic (exact) mass is 451 g/mol. The Bertz CT molecular complexity index is 841. The number of likely N-dealkylation sites (N-methyl/N-ethyl adjacent to an activating group) is 1. The molecule has 1 N–H and O–H groups in total. The van der Waals surface area contributed by atoms with Crippen LogP contribution in [0.2, 0.25) is 0 Å². The van der Waals surface area contributed by atoms with Crippen molar-refractivity contribution in [1.29, 1.82) is 0 Å². The highest BCUT2D eigenvalue weighted by Crippen LogP contribution is 2.34. The molecule has 0 radical (unpaired) electrons. The lowest BCUT2D eigenvalue weighted by atomic mass is 9.97. The lowest BCUT2D eigenvalue weighted by Crippen LogP contribution is -2.36. The lowest BCUT2D eigenvalue weighted by molar-refractivity contribution is -0.145. The maximum atomic E-state index is 12.5. The molecule has 0 spiro atoms. The van der Waals surface area contributed by atoms with Crippen LogP contribution in [0.4, 0.5) is 4.79 Å². The Hall–Kier alpha value is -2.61. The van der Waals surface area contributed by atoms with Crippen LogP contribution in [0.15, 0.2) is 18.2 Å². The van der Waals surface area contributed by atoms with Crippen LogP contribution in [0.25, 0.3) is 0 Å². The summed E-state index contributed by atoms with van der Waals surface area (Å²) < 4.78 is 16.2. The van der Waals surface area contributed by atoms with E-state index in [0.29, 0.717) is 5.56 Å². The van der Waals surface area contributed by atoms with Gasteiger partial charge >= 0.3 is 18.0 Å². The fraction of sp³-hybridized carbons (Fsp3) is 0.625. The summed E-state index contributed by atoms with van der Waals surface area (Å²) in [6, 6.07) is 4.44. The average Bonchev–Trinajstić information content (AvgIpc) is 2.59. The molecule has 0 aliphatic heterocycles.